The molecule has 0 aliphatic carbocycles. The minimum atomic E-state index is -1.25. The molecule has 0 aromatic carbocycles. The number of fused-ring (bicyclic) bond motifs is 4. The summed E-state index contributed by atoms with van der Waals surface area (Å²) in [5.74, 6) is 2.86. The summed E-state index contributed by atoms with van der Waals surface area (Å²) in [4.78, 5) is 50.4. The number of nitrogen functional groups attached to an aromatic ring is 4. The maximum absolute atomic E-state index is 10.8. The van der Waals surface area contributed by atoms with Crippen molar-refractivity contribution in [1.82, 2.24) is 78.1 Å². The Balaban J connectivity index is 0.000000157. The fourth-order valence-electron chi connectivity index (χ4n) is 12.1. The number of nitrogens with zero attached hydrogens (tertiary/aromatic N) is 16. The van der Waals surface area contributed by atoms with E-state index in [4.69, 9.17) is 41.9 Å². The van der Waals surface area contributed by atoms with E-state index in [2.05, 4.69) is 151 Å². The van der Waals surface area contributed by atoms with Crippen molar-refractivity contribution in [3.05, 3.63) is 37.5 Å². The van der Waals surface area contributed by atoms with Gasteiger partial charge >= 0.3 is 0 Å². The van der Waals surface area contributed by atoms with E-state index < -0.39 is 126 Å². The monoisotopic (exact) mass is 1500 g/mol. The molecule has 0 unspecified atom stereocenters. The Morgan fingerprint density at radius 2 is 0.851 bits per heavy atom. The Bertz CT molecular complexity index is 4350. The number of anilines is 5. The molecule has 12 rings (SSSR count). The number of aryl methyl sites for hydroxylation is 1. The molecule has 16 atom stereocenters. The number of aliphatic hydroxyl groups is 8. The van der Waals surface area contributed by atoms with Gasteiger partial charge in [0.05, 0.1) is 37.1 Å². The van der Waals surface area contributed by atoms with Gasteiger partial charge in [0.2, 0.25) is 5.95 Å². The van der Waals surface area contributed by atoms with Gasteiger partial charge in [-0.2, -0.15) is 0 Å². The average Bonchev–Trinajstić information content (AvgIpc) is 1.63. The van der Waals surface area contributed by atoms with Crippen LogP contribution in [0.3, 0.4) is 0 Å². The molecule has 0 saturated carbocycles. The van der Waals surface area contributed by atoms with Crippen LogP contribution in [-0.2, 0) is 18.9 Å². The molecule has 8 aromatic rings. The second-order valence-electron chi connectivity index (χ2n) is 28.8. The first-order chi connectivity index (χ1) is 47.4. The fourth-order valence-corrected chi connectivity index (χ4v) is 16.9. The van der Waals surface area contributed by atoms with Crippen LogP contribution >= 0.6 is 39.3 Å². The van der Waals surface area contributed by atoms with E-state index in [0.29, 0.717) is 87.1 Å². The number of rotatable bonds is 22. The summed E-state index contributed by atoms with van der Waals surface area (Å²) in [6.45, 7) is 16.0. The molecule has 4 saturated heterocycles. The Hall–Kier alpha value is -5.73. The van der Waals surface area contributed by atoms with Gasteiger partial charge < -0.3 is 88.1 Å². The highest BCUT2D eigenvalue weighted by Crippen LogP contribution is 2.45. The van der Waals surface area contributed by atoms with E-state index in [1.54, 1.807) is 45.8 Å². The highest BCUT2D eigenvalue weighted by atomic mass is 32.2. The van der Waals surface area contributed by atoms with Gasteiger partial charge in [-0.3, -0.25) is 18.3 Å². The lowest BCUT2D eigenvalue weighted by molar-refractivity contribution is -0.0400. The zero-order chi connectivity index (χ0) is 74.0. The third-order valence-electron chi connectivity index (χ3n) is 17.6. The predicted molar refractivity (Wildman–Crippen MR) is 409 cm³/mol. The van der Waals surface area contributed by atoms with Gasteiger partial charge in [-0.25, -0.2) is 59.8 Å². The highest BCUT2D eigenvalue weighted by Gasteiger charge is 2.48. The number of imidazole rings is 4. The van der Waals surface area contributed by atoms with Gasteiger partial charge in [-0.15, -0.1) is 52.7 Å². The zero-order valence-electron chi connectivity index (χ0n) is 59.3. The third-order valence-corrected chi connectivity index (χ3v) is 24.5. The highest BCUT2D eigenvalue weighted by molar-refractivity contribution is 7.99. The minimum Gasteiger partial charge on any atom is -0.388 e. The lowest BCUT2D eigenvalue weighted by Gasteiger charge is -2.19. The van der Waals surface area contributed by atoms with Crippen molar-refractivity contribution in [1.29, 1.82) is 0 Å². The molecule has 4 fully saturated rings. The van der Waals surface area contributed by atoms with Crippen molar-refractivity contribution in [2.75, 3.05) is 119 Å². The topological polar surface area (TPSA) is 489 Å². The number of hydrogen-bond acceptors (Lipinski definition) is 30. The van der Waals surface area contributed by atoms with E-state index in [9.17, 15) is 40.9 Å². The van der Waals surface area contributed by atoms with Gasteiger partial charge in [-0.1, -0.05) is 31.5 Å². The van der Waals surface area contributed by atoms with Crippen LogP contribution in [0.15, 0.2) is 36.8 Å². The summed E-state index contributed by atoms with van der Waals surface area (Å²) in [6, 6.07) is 0. The molecule has 0 spiro atoms. The van der Waals surface area contributed by atoms with Crippen LogP contribution in [0.5, 0.6) is 0 Å². The minimum absolute atomic E-state index is 0.0964. The summed E-state index contributed by atoms with van der Waals surface area (Å²) in [6.07, 6.45) is 20.2. The summed E-state index contributed by atoms with van der Waals surface area (Å²) in [7, 11) is 1.76. The van der Waals surface area contributed by atoms with Crippen molar-refractivity contribution in [3.63, 3.8) is 0 Å². The SMILES string of the molecule is C=P(C)(C)CC[C@H]1O[C@@H](n2c(N)nc3c(N)ncnc32)[C@H](O)[C@@H]1O.C=P(C)(C)CC[C@H]1O[C@@H](n2c(SCCCCC)nc3c(N)ncnc32)[C@H](O)[C@@H]1O.C=P(C)(C)CC[C@H]1O[C@@H](n2cnc3c(N)nc(C)nc32)[C@H](O)[C@@H]1O.C=P(C)(C)CC[C@H]1O[C@@H](n2cnc3c(NC)ncnc32)[C@H](O)[C@@H]1O. The van der Waals surface area contributed by atoms with Crippen LogP contribution in [0.4, 0.5) is 29.2 Å². The van der Waals surface area contributed by atoms with Gasteiger partial charge in [0.15, 0.2) is 87.0 Å². The second kappa shape index (κ2) is 32.7. The zero-order valence-corrected chi connectivity index (χ0v) is 63.7. The van der Waals surface area contributed by atoms with Crippen LogP contribution in [0.1, 0.15) is 82.6 Å². The first kappa shape index (κ1) is 79.4. The number of nitrogens with two attached hydrogens (primary N) is 4. The molecule has 4 aliphatic heterocycles. The van der Waals surface area contributed by atoms with Crippen LogP contribution in [-0.4, -0.2) is 308 Å². The molecule has 558 valence electrons. The molecule has 17 N–H and O–H groups in total. The first-order valence-electron chi connectivity index (χ1n) is 33.3. The van der Waals surface area contributed by atoms with Gasteiger partial charge in [0.1, 0.15) is 84.7 Å². The molecule has 101 heavy (non-hydrogen) atoms. The van der Waals surface area contributed by atoms with Crippen LogP contribution in [0, 0.1) is 6.92 Å². The average molecular weight is 1500 g/mol. The van der Waals surface area contributed by atoms with Gasteiger partial charge in [0.25, 0.3) is 0 Å². The standard InChI is InChI=1S/C19H32N5O3PS.2C15H24N5O3P.C14H23N6O3P/c1-5-6-7-10-29-19-23-13-16(20)21-11-22-17(13)24(19)18-15(26)14(25)12(27-18)8-9-28(2,3)4;1-16-13-10-14(18-7-17-13)20(8-19-10)15-12(22)11(21)9(23-15)5-6-24(2,3)4;1-8-18-13(16)10-14(19-8)20(7-17-10)15-12(22)11(21)9(23-15)5-6-24(2,3)4;1-24(2,3)5-4-7-9(21)10(22)13(23-7)20-12-8(19-14(20)16)11(15)17-6-18-12/h11-12,14-15,18,25-26H,2,5-10H2,1,3-4H3,(H2,20,21,22);7-9,11-12,15,21-22H,2,5-6H2,1,3-4H3,(H,16,17,18);7,9,11-12,15,21-22H,2,5-6H2,1,3-4H3,(H2,16,18,19);6-7,9-10,13,21-22H,1,4-5H2,2-3H3,(H2,16,19)(H2,15,17,18)/t12-,14-,15-,18-;2*9-,11-,12-,15-;7-,9-,10-,13-/m1111/s1. The molecule has 8 aromatic heterocycles. The number of unbranched alkanes of at least 4 members (excludes halogenated alkanes) is 2. The predicted octanol–water partition coefficient (Wildman–Crippen LogP) is 3.14. The number of ether oxygens (including phenoxy) is 4. The van der Waals surface area contributed by atoms with Crippen LogP contribution < -0.4 is 28.3 Å². The third kappa shape index (κ3) is 18.9. The normalized spacial score (nSPS) is 27.0. The first-order valence-corrected chi connectivity index (χ1v) is 46.5. The molecular formula is C63H103N21O12P4S. The summed E-state index contributed by atoms with van der Waals surface area (Å²) < 4.78 is 30.4. The maximum Gasteiger partial charge on any atom is 0.204 e. The van der Waals surface area contributed by atoms with Crippen molar-refractivity contribution >= 4 is 138 Å². The van der Waals surface area contributed by atoms with Crippen molar-refractivity contribution in [2.24, 2.45) is 0 Å². The summed E-state index contributed by atoms with van der Waals surface area (Å²) >= 11 is 1.58. The van der Waals surface area contributed by atoms with E-state index >= 15 is 0 Å². The quantitative estimate of drug-likeness (QED) is 0.0263. The number of hydrogen-bond donors (Lipinski definition) is 13. The molecule has 0 bridgehead atoms. The fraction of sp³-hybridized carbons (Fsp3) is 0.619. The Labute approximate surface area is 592 Å². The smallest absolute Gasteiger partial charge is 0.204 e. The number of aliphatic hydroxyl groups excluding tert-OH is 8. The van der Waals surface area contributed by atoms with E-state index in [0.717, 1.165) is 49.7 Å². The Morgan fingerprint density at radius 3 is 1.31 bits per heavy atom. The van der Waals surface area contributed by atoms with Crippen molar-refractivity contribution in [2.45, 2.75) is 162 Å². The van der Waals surface area contributed by atoms with E-state index in [1.807, 2.05) is 0 Å². The Kier molecular flexibility index (Phi) is 25.7. The second-order valence-corrected chi connectivity index (χ2v) is 47.1. The molecule has 0 amide bonds. The lowest BCUT2D eigenvalue weighted by atomic mass is 10.1. The van der Waals surface area contributed by atoms with Crippen molar-refractivity contribution in [3.8, 4) is 0 Å². The van der Waals surface area contributed by atoms with E-state index in [-0.39, 0.29) is 23.4 Å². The largest absolute Gasteiger partial charge is 0.388 e. The molecule has 0 radical (unpaired) electrons. The summed E-state index contributed by atoms with van der Waals surface area (Å²) in [5, 5.41) is 87.3. The van der Waals surface area contributed by atoms with Gasteiger partial charge in [0, 0.05) is 12.8 Å². The van der Waals surface area contributed by atoms with E-state index in [1.165, 1.54) is 29.9 Å². The Morgan fingerprint density at radius 1 is 0.455 bits per heavy atom. The molecule has 4 aliphatic rings. The number of nitrogens with one attached hydrogen (secondary N) is 1. The van der Waals surface area contributed by atoms with Gasteiger partial charge in [-0.05, 0) is 117 Å². The van der Waals surface area contributed by atoms with Crippen molar-refractivity contribution < 1.29 is 59.8 Å². The molecule has 33 nitrogen and oxygen atoms in total. The molecule has 38 heteroatoms. The van der Waals surface area contributed by atoms with Crippen LogP contribution in [0.2, 0.25) is 0 Å². The summed E-state index contributed by atoms with van der Waals surface area (Å²) in [5.41, 5.74) is 27.4. The lowest BCUT2D eigenvalue weighted by Crippen LogP contribution is -2.32. The number of aromatic nitrogens is 16. The molecule has 12 heterocycles. The number of thioether (sulfide) groups is 1. The molecular weight excluding hydrogens is 1400 g/mol. The van der Waals surface area contributed by atoms with Crippen LogP contribution in [0.25, 0.3) is 44.7 Å². The maximum atomic E-state index is 10.8.